The van der Waals surface area contributed by atoms with Crippen LogP contribution in [0.4, 0.5) is 10.1 Å². The first-order valence-electron chi connectivity index (χ1n) is 11.0. The van der Waals surface area contributed by atoms with E-state index in [2.05, 4.69) is 5.32 Å². The molecule has 2 amide bonds. The number of aryl methyl sites for hydroxylation is 1. The molecular weight excluding hydrogens is 435 g/mol. The highest BCUT2D eigenvalue weighted by Gasteiger charge is 2.69. The lowest BCUT2D eigenvalue weighted by atomic mass is 9.75. The number of methoxy groups -OCH3 is 1. The molecule has 34 heavy (non-hydrogen) atoms. The third-order valence-corrected chi connectivity index (χ3v) is 6.90. The Kier molecular flexibility index (Phi) is 5.29. The van der Waals surface area contributed by atoms with Crippen molar-refractivity contribution in [3.8, 4) is 0 Å². The normalized spacial score (nSPS) is 26.0. The highest BCUT2D eigenvalue weighted by Crippen LogP contribution is 2.54. The SMILES string of the molecule is COC(=O)[C@]1(c2ccccc2)N[C@H](c2ccccc2C)[C@@H]2C(=O)N(c3ccc(F)cc3)C(=O)[C@H]21. The van der Waals surface area contributed by atoms with E-state index in [0.29, 0.717) is 5.56 Å². The van der Waals surface area contributed by atoms with Crippen molar-refractivity contribution in [1.82, 2.24) is 5.32 Å². The van der Waals surface area contributed by atoms with Crippen molar-refractivity contribution in [1.29, 1.82) is 0 Å². The van der Waals surface area contributed by atoms with Gasteiger partial charge < -0.3 is 4.74 Å². The van der Waals surface area contributed by atoms with Crippen LogP contribution in [0.1, 0.15) is 22.7 Å². The van der Waals surface area contributed by atoms with E-state index in [9.17, 15) is 18.8 Å². The second-order valence-electron chi connectivity index (χ2n) is 8.64. The zero-order valence-corrected chi connectivity index (χ0v) is 18.7. The molecule has 0 aromatic heterocycles. The molecule has 0 bridgehead atoms. The number of esters is 1. The fourth-order valence-corrected chi connectivity index (χ4v) is 5.39. The zero-order valence-electron chi connectivity index (χ0n) is 18.7. The van der Waals surface area contributed by atoms with Gasteiger partial charge in [-0.05, 0) is 47.9 Å². The van der Waals surface area contributed by atoms with Crippen LogP contribution in [-0.4, -0.2) is 24.9 Å². The van der Waals surface area contributed by atoms with E-state index in [0.717, 1.165) is 16.0 Å². The smallest absolute Gasteiger partial charge is 0.331 e. The molecule has 2 fully saturated rings. The molecule has 0 saturated carbocycles. The number of ether oxygens (including phenoxy) is 1. The summed E-state index contributed by atoms with van der Waals surface area (Å²) in [6.45, 7) is 1.92. The van der Waals surface area contributed by atoms with Gasteiger partial charge in [-0.3, -0.25) is 14.9 Å². The van der Waals surface area contributed by atoms with E-state index in [1.165, 1.54) is 31.4 Å². The second kappa shape index (κ2) is 8.18. The summed E-state index contributed by atoms with van der Waals surface area (Å²) >= 11 is 0. The Hall–Kier alpha value is -3.84. The van der Waals surface area contributed by atoms with Crippen LogP contribution < -0.4 is 10.2 Å². The van der Waals surface area contributed by atoms with Crippen LogP contribution in [-0.2, 0) is 24.7 Å². The van der Waals surface area contributed by atoms with Crippen molar-refractivity contribution < 1.29 is 23.5 Å². The molecule has 3 aromatic carbocycles. The average molecular weight is 458 g/mol. The summed E-state index contributed by atoms with van der Waals surface area (Å²) in [6.07, 6.45) is 0. The molecule has 2 saturated heterocycles. The number of halogens is 1. The number of amides is 2. The van der Waals surface area contributed by atoms with Crippen LogP contribution in [0, 0.1) is 24.6 Å². The van der Waals surface area contributed by atoms with Gasteiger partial charge in [0, 0.05) is 6.04 Å². The molecule has 5 rings (SSSR count). The number of anilines is 1. The molecule has 2 aliphatic rings. The summed E-state index contributed by atoms with van der Waals surface area (Å²) in [7, 11) is 1.27. The standard InChI is InChI=1S/C27H23FN2O4/c1-16-8-6-7-11-20(16)23-21-22(25(32)30(24(21)31)19-14-12-18(28)13-15-19)27(29-23,26(33)34-2)17-9-4-3-5-10-17/h3-15,21-23,29H,1-2H3/t21-,22+,23-,27-/m1/s1. The number of rotatable bonds is 4. The van der Waals surface area contributed by atoms with Crippen LogP contribution >= 0.6 is 0 Å². The molecular formula is C27H23FN2O4. The fourth-order valence-electron chi connectivity index (χ4n) is 5.39. The van der Waals surface area contributed by atoms with Gasteiger partial charge in [-0.2, -0.15) is 0 Å². The van der Waals surface area contributed by atoms with Gasteiger partial charge in [0.2, 0.25) is 11.8 Å². The Morgan fingerprint density at radius 3 is 2.24 bits per heavy atom. The number of nitrogens with one attached hydrogen (secondary N) is 1. The lowest BCUT2D eigenvalue weighted by Crippen LogP contribution is -2.53. The van der Waals surface area contributed by atoms with E-state index >= 15 is 0 Å². The van der Waals surface area contributed by atoms with Crippen LogP contribution in [0.5, 0.6) is 0 Å². The zero-order chi connectivity index (χ0) is 24.0. The van der Waals surface area contributed by atoms with Crippen LogP contribution in [0.2, 0.25) is 0 Å². The third kappa shape index (κ3) is 3.08. The first-order valence-corrected chi connectivity index (χ1v) is 11.0. The van der Waals surface area contributed by atoms with Gasteiger partial charge in [0.05, 0.1) is 24.6 Å². The molecule has 0 aliphatic carbocycles. The van der Waals surface area contributed by atoms with Crippen molar-refractivity contribution in [3.63, 3.8) is 0 Å². The minimum atomic E-state index is -1.57. The largest absolute Gasteiger partial charge is 0.467 e. The Bertz CT molecular complexity index is 1280. The van der Waals surface area contributed by atoms with E-state index < -0.39 is 47.0 Å². The molecule has 4 atom stereocenters. The first kappa shape index (κ1) is 22.0. The molecule has 0 radical (unpaired) electrons. The number of imide groups is 1. The van der Waals surface area contributed by atoms with Gasteiger partial charge in [-0.1, -0.05) is 54.6 Å². The van der Waals surface area contributed by atoms with Crippen LogP contribution in [0.25, 0.3) is 0 Å². The Morgan fingerprint density at radius 1 is 0.941 bits per heavy atom. The Morgan fingerprint density at radius 2 is 1.59 bits per heavy atom. The van der Waals surface area contributed by atoms with Gasteiger partial charge in [-0.25, -0.2) is 14.1 Å². The van der Waals surface area contributed by atoms with Crippen molar-refractivity contribution in [2.24, 2.45) is 11.8 Å². The predicted octanol–water partition coefficient (Wildman–Crippen LogP) is 3.65. The number of nitrogens with zero attached hydrogens (tertiary/aromatic N) is 1. The summed E-state index contributed by atoms with van der Waals surface area (Å²) in [5.41, 5.74) is 0.972. The van der Waals surface area contributed by atoms with Gasteiger partial charge in [-0.15, -0.1) is 0 Å². The van der Waals surface area contributed by atoms with Gasteiger partial charge in [0.1, 0.15) is 5.82 Å². The van der Waals surface area contributed by atoms with E-state index in [4.69, 9.17) is 4.74 Å². The van der Waals surface area contributed by atoms with Crippen molar-refractivity contribution >= 4 is 23.5 Å². The van der Waals surface area contributed by atoms with E-state index in [1.54, 1.807) is 24.3 Å². The van der Waals surface area contributed by atoms with Gasteiger partial charge in [0.25, 0.3) is 0 Å². The monoisotopic (exact) mass is 458 g/mol. The number of carbonyl (C=O) groups is 3. The summed E-state index contributed by atoms with van der Waals surface area (Å²) in [4.78, 5) is 42.3. The highest BCUT2D eigenvalue weighted by atomic mass is 19.1. The molecule has 3 aromatic rings. The van der Waals surface area contributed by atoms with Crippen molar-refractivity contribution in [2.75, 3.05) is 12.0 Å². The Balaban J connectivity index is 1.74. The summed E-state index contributed by atoms with van der Waals surface area (Å²) in [5.74, 6) is -4.01. The van der Waals surface area contributed by atoms with Crippen LogP contribution in [0.15, 0.2) is 78.9 Å². The fraction of sp³-hybridized carbons (Fsp3) is 0.222. The van der Waals surface area contributed by atoms with Gasteiger partial charge in [0.15, 0.2) is 5.54 Å². The molecule has 0 spiro atoms. The quantitative estimate of drug-likeness (QED) is 0.477. The van der Waals surface area contributed by atoms with E-state index in [1.807, 2.05) is 37.3 Å². The average Bonchev–Trinajstić information content (AvgIpc) is 3.34. The predicted molar refractivity (Wildman–Crippen MR) is 123 cm³/mol. The summed E-state index contributed by atoms with van der Waals surface area (Å²) in [5, 5.41) is 3.37. The maximum atomic E-state index is 13.9. The molecule has 172 valence electrons. The molecule has 2 aliphatic heterocycles. The van der Waals surface area contributed by atoms with Crippen molar-refractivity contribution in [3.05, 3.63) is 101 Å². The molecule has 2 heterocycles. The van der Waals surface area contributed by atoms with E-state index in [-0.39, 0.29) is 5.69 Å². The number of hydrogen-bond acceptors (Lipinski definition) is 5. The number of hydrogen-bond donors (Lipinski definition) is 1. The number of fused-ring (bicyclic) bond motifs is 1. The topological polar surface area (TPSA) is 75.7 Å². The lowest BCUT2D eigenvalue weighted by molar-refractivity contribution is -0.152. The van der Waals surface area contributed by atoms with Crippen molar-refractivity contribution in [2.45, 2.75) is 18.5 Å². The first-order chi connectivity index (χ1) is 16.4. The maximum absolute atomic E-state index is 13.9. The lowest BCUT2D eigenvalue weighted by Gasteiger charge is -2.33. The third-order valence-electron chi connectivity index (χ3n) is 6.90. The summed E-state index contributed by atoms with van der Waals surface area (Å²) < 4.78 is 18.8. The molecule has 7 heteroatoms. The summed E-state index contributed by atoms with van der Waals surface area (Å²) in [6, 6.07) is 21.0. The maximum Gasteiger partial charge on any atom is 0.331 e. The minimum Gasteiger partial charge on any atom is -0.467 e. The second-order valence-corrected chi connectivity index (χ2v) is 8.64. The molecule has 1 N–H and O–H groups in total. The Labute approximate surface area is 196 Å². The number of benzene rings is 3. The number of carbonyl (C=O) groups excluding carboxylic acids is 3. The molecule has 6 nitrogen and oxygen atoms in total. The highest BCUT2D eigenvalue weighted by molar-refractivity contribution is 6.24. The van der Waals surface area contributed by atoms with Gasteiger partial charge >= 0.3 is 5.97 Å². The van der Waals surface area contributed by atoms with Crippen LogP contribution in [0.3, 0.4) is 0 Å². The minimum absolute atomic E-state index is 0.265. The molecule has 0 unspecified atom stereocenters.